The molecule has 0 fully saturated rings. The first-order chi connectivity index (χ1) is 8.24. The lowest BCUT2D eigenvalue weighted by Crippen LogP contribution is -2.29. The van der Waals surface area contributed by atoms with E-state index < -0.39 is 0 Å². The fraction of sp³-hybridized carbons (Fsp3) is 0.500. The van der Waals surface area contributed by atoms with Crippen LogP contribution in [0.15, 0.2) is 24.3 Å². The van der Waals surface area contributed by atoms with Gasteiger partial charge in [-0.2, -0.15) is 0 Å². The molecule has 0 bridgehead atoms. The van der Waals surface area contributed by atoms with Crippen LogP contribution in [0.5, 0.6) is 0 Å². The summed E-state index contributed by atoms with van der Waals surface area (Å²) in [6, 6.07) is 8.16. The van der Waals surface area contributed by atoms with Crippen LogP contribution in [0.1, 0.15) is 38.2 Å². The van der Waals surface area contributed by atoms with Gasteiger partial charge in [0.2, 0.25) is 0 Å². The number of hydrogen-bond donors (Lipinski definition) is 2. The number of para-hydroxylation sites is 1. The molecule has 2 nitrogen and oxygen atoms in total. The fourth-order valence-electron chi connectivity index (χ4n) is 1.63. The highest BCUT2D eigenvalue weighted by molar-refractivity contribution is 7.80. The number of aryl methyl sites for hydroxylation is 1. The van der Waals surface area contributed by atoms with Crippen LogP contribution in [0.25, 0.3) is 0 Å². The highest BCUT2D eigenvalue weighted by atomic mass is 32.1. The van der Waals surface area contributed by atoms with E-state index in [0.717, 1.165) is 17.3 Å². The van der Waals surface area contributed by atoms with Gasteiger partial charge >= 0.3 is 0 Å². The Kier molecular flexibility index (Phi) is 6.63. The molecule has 94 valence electrons. The van der Waals surface area contributed by atoms with E-state index in [2.05, 4.69) is 30.5 Å². The topological polar surface area (TPSA) is 24.1 Å². The van der Waals surface area contributed by atoms with Crippen molar-refractivity contribution < 1.29 is 0 Å². The molecule has 2 N–H and O–H groups in total. The van der Waals surface area contributed by atoms with E-state index in [0.29, 0.717) is 0 Å². The van der Waals surface area contributed by atoms with Gasteiger partial charge in [0.15, 0.2) is 5.11 Å². The number of rotatable bonds is 6. The summed E-state index contributed by atoms with van der Waals surface area (Å²) in [5, 5.41) is 7.18. The zero-order valence-electron chi connectivity index (χ0n) is 10.8. The molecule has 0 aliphatic carbocycles. The average molecular weight is 250 g/mol. The molecule has 0 aliphatic heterocycles. The lowest BCUT2D eigenvalue weighted by molar-refractivity contribution is 0.655. The maximum Gasteiger partial charge on any atom is 0.170 e. The Labute approximate surface area is 110 Å². The molecule has 0 aliphatic rings. The summed E-state index contributed by atoms with van der Waals surface area (Å²) in [7, 11) is 0. The first kappa shape index (κ1) is 14.0. The van der Waals surface area contributed by atoms with Crippen molar-refractivity contribution in [3.05, 3.63) is 29.8 Å². The maximum absolute atomic E-state index is 5.25. The van der Waals surface area contributed by atoms with Gasteiger partial charge in [-0.3, -0.25) is 0 Å². The van der Waals surface area contributed by atoms with Crippen LogP contribution in [0.4, 0.5) is 5.69 Å². The summed E-state index contributed by atoms with van der Waals surface area (Å²) in [6.07, 6.45) is 5.03. The quantitative estimate of drug-likeness (QED) is 0.592. The minimum absolute atomic E-state index is 0.718. The van der Waals surface area contributed by atoms with Gasteiger partial charge in [0.25, 0.3) is 0 Å². The summed E-state index contributed by atoms with van der Waals surface area (Å²) in [4.78, 5) is 0. The molecule has 1 aromatic rings. The molecular weight excluding hydrogens is 228 g/mol. The molecular formula is C14H22N2S. The third kappa shape index (κ3) is 5.68. The van der Waals surface area contributed by atoms with E-state index in [1.165, 1.54) is 31.2 Å². The molecule has 17 heavy (non-hydrogen) atoms. The van der Waals surface area contributed by atoms with E-state index in [-0.39, 0.29) is 0 Å². The van der Waals surface area contributed by atoms with Gasteiger partial charge in [-0.05, 0) is 37.2 Å². The Morgan fingerprint density at radius 3 is 2.65 bits per heavy atom. The van der Waals surface area contributed by atoms with E-state index in [9.17, 15) is 0 Å². The third-order valence-electron chi connectivity index (χ3n) is 2.71. The lowest BCUT2D eigenvalue weighted by atomic mass is 10.2. The number of unbranched alkanes of at least 4 members (excludes halogenated alkanes) is 3. The first-order valence-corrected chi connectivity index (χ1v) is 6.75. The van der Waals surface area contributed by atoms with Gasteiger partial charge in [-0.1, -0.05) is 44.4 Å². The van der Waals surface area contributed by atoms with Crippen LogP contribution in [0.3, 0.4) is 0 Å². The first-order valence-electron chi connectivity index (χ1n) is 6.34. The van der Waals surface area contributed by atoms with Crippen molar-refractivity contribution in [1.82, 2.24) is 5.32 Å². The predicted molar refractivity (Wildman–Crippen MR) is 79.5 cm³/mol. The number of hydrogen-bond acceptors (Lipinski definition) is 1. The summed E-state index contributed by atoms with van der Waals surface area (Å²) < 4.78 is 0. The molecule has 0 atom stereocenters. The molecule has 0 saturated carbocycles. The summed E-state index contributed by atoms with van der Waals surface area (Å²) in [6.45, 7) is 5.25. The van der Waals surface area contributed by atoms with Crippen LogP contribution in [0, 0.1) is 6.92 Å². The smallest absolute Gasteiger partial charge is 0.170 e. The number of benzene rings is 1. The van der Waals surface area contributed by atoms with Crippen molar-refractivity contribution in [2.24, 2.45) is 0 Å². The summed E-state index contributed by atoms with van der Waals surface area (Å²) in [5.41, 5.74) is 2.29. The Morgan fingerprint density at radius 1 is 1.18 bits per heavy atom. The van der Waals surface area contributed by atoms with Crippen molar-refractivity contribution in [2.45, 2.75) is 39.5 Å². The van der Waals surface area contributed by atoms with Crippen molar-refractivity contribution in [3.8, 4) is 0 Å². The second kappa shape index (κ2) is 8.07. The molecule has 0 saturated heterocycles. The van der Waals surface area contributed by atoms with E-state index in [1.54, 1.807) is 0 Å². The van der Waals surface area contributed by atoms with Crippen LogP contribution >= 0.6 is 12.2 Å². The van der Waals surface area contributed by atoms with Crippen molar-refractivity contribution in [3.63, 3.8) is 0 Å². The van der Waals surface area contributed by atoms with Crippen molar-refractivity contribution in [2.75, 3.05) is 11.9 Å². The van der Waals surface area contributed by atoms with Crippen LogP contribution in [-0.4, -0.2) is 11.7 Å². The van der Waals surface area contributed by atoms with Crippen LogP contribution in [-0.2, 0) is 0 Å². The largest absolute Gasteiger partial charge is 0.362 e. The SMILES string of the molecule is CCCCCCNC(=S)Nc1ccccc1C. The van der Waals surface area contributed by atoms with Gasteiger partial charge in [0, 0.05) is 12.2 Å². The highest BCUT2D eigenvalue weighted by Crippen LogP contribution is 2.12. The molecule has 3 heteroatoms. The van der Waals surface area contributed by atoms with Gasteiger partial charge in [0.1, 0.15) is 0 Å². The molecule has 0 radical (unpaired) electrons. The zero-order valence-corrected chi connectivity index (χ0v) is 11.6. The number of nitrogens with one attached hydrogen (secondary N) is 2. The third-order valence-corrected chi connectivity index (χ3v) is 2.96. The fourth-order valence-corrected chi connectivity index (χ4v) is 1.85. The second-order valence-electron chi connectivity index (χ2n) is 4.26. The molecule has 0 spiro atoms. The van der Waals surface area contributed by atoms with Gasteiger partial charge < -0.3 is 10.6 Å². The van der Waals surface area contributed by atoms with Gasteiger partial charge in [0.05, 0.1) is 0 Å². The predicted octanol–water partition coefficient (Wildman–Crippen LogP) is 3.86. The Balaban J connectivity index is 2.23. The zero-order chi connectivity index (χ0) is 12.5. The highest BCUT2D eigenvalue weighted by Gasteiger charge is 1.99. The average Bonchev–Trinajstić information content (AvgIpc) is 2.32. The minimum Gasteiger partial charge on any atom is -0.362 e. The monoisotopic (exact) mass is 250 g/mol. The molecule has 0 heterocycles. The van der Waals surface area contributed by atoms with Crippen LogP contribution in [0.2, 0.25) is 0 Å². The Morgan fingerprint density at radius 2 is 1.94 bits per heavy atom. The lowest BCUT2D eigenvalue weighted by Gasteiger charge is -2.12. The van der Waals surface area contributed by atoms with E-state index in [1.807, 2.05) is 18.2 Å². The standard InChI is InChI=1S/C14H22N2S/c1-3-4-5-8-11-15-14(17)16-13-10-7-6-9-12(13)2/h6-7,9-10H,3-5,8,11H2,1-2H3,(H2,15,16,17). The van der Waals surface area contributed by atoms with Crippen molar-refractivity contribution >= 4 is 23.0 Å². The van der Waals surface area contributed by atoms with E-state index >= 15 is 0 Å². The molecule has 0 unspecified atom stereocenters. The Hall–Kier alpha value is -1.09. The molecule has 1 rings (SSSR count). The van der Waals surface area contributed by atoms with Crippen molar-refractivity contribution in [1.29, 1.82) is 0 Å². The maximum atomic E-state index is 5.25. The number of anilines is 1. The normalized spacial score (nSPS) is 10.0. The minimum atomic E-state index is 0.718. The molecule has 0 aromatic heterocycles. The van der Waals surface area contributed by atoms with E-state index in [4.69, 9.17) is 12.2 Å². The second-order valence-corrected chi connectivity index (χ2v) is 4.66. The van der Waals surface area contributed by atoms with Gasteiger partial charge in [-0.15, -0.1) is 0 Å². The van der Waals surface area contributed by atoms with Crippen LogP contribution < -0.4 is 10.6 Å². The summed E-state index contributed by atoms with van der Waals surface area (Å²) >= 11 is 5.25. The molecule has 1 aromatic carbocycles. The Bertz CT molecular complexity index is 350. The number of thiocarbonyl (C=S) groups is 1. The summed E-state index contributed by atoms with van der Waals surface area (Å²) in [5.74, 6) is 0. The molecule has 0 amide bonds. The van der Waals surface area contributed by atoms with Gasteiger partial charge in [-0.25, -0.2) is 0 Å².